The lowest BCUT2D eigenvalue weighted by Gasteiger charge is -2.15. The standard InChI is InChI=1S/C50H32N2/c51-33-34-18-20-38(21-19-34)43-28-29-47(45-16-8-7-15-44(43)45)46-17-9-14-37-26-27-41(30-48(37)46)35-22-24-36(25-23-35)42-31-49(39-10-3-1-4-11-39)52-50(32-42)40-12-5-2-6-13-40/h1-32H. The average molecular weight is 661 g/mol. The van der Waals surface area contributed by atoms with Crippen LogP contribution in [0.2, 0.25) is 0 Å². The molecule has 0 saturated heterocycles. The highest BCUT2D eigenvalue weighted by Gasteiger charge is 2.14. The summed E-state index contributed by atoms with van der Waals surface area (Å²) in [6, 6.07) is 70.6. The fourth-order valence-corrected chi connectivity index (χ4v) is 7.26. The summed E-state index contributed by atoms with van der Waals surface area (Å²) in [6.45, 7) is 0. The second kappa shape index (κ2) is 13.3. The molecule has 52 heavy (non-hydrogen) atoms. The van der Waals surface area contributed by atoms with E-state index in [-0.39, 0.29) is 0 Å². The zero-order chi connectivity index (χ0) is 34.9. The molecule has 8 aromatic carbocycles. The van der Waals surface area contributed by atoms with E-state index < -0.39 is 0 Å². The number of nitrogens with zero attached hydrogens (tertiary/aromatic N) is 2. The van der Waals surface area contributed by atoms with Crippen LogP contribution >= 0.6 is 0 Å². The molecular weight excluding hydrogens is 629 g/mol. The number of hydrogen-bond acceptors (Lipinski definition) is 2. The first-order valence-corrected chi connectivity index (χ1v) is 17.5. The summed E-state index contributed by atoms with van der Waals surface area (Å²) in [7, 11) is 0. The van der Waals surface area contributed by atoms with Crippen molar-refractivity contribution in [2.75, 3.05) is 0 Å². The summed E-state index contributed by atoms with van der Waals surface area (Å²) in [5.74, 6) is 0. The minimum Gasteiger partial charge on any atom is -0.248 e. The van der Waals surface area contributed by atoms with Gasteiger partial charge in [0.15, 0.2) is 0 Å². The van der Waals surface area contributed by atoms with Crippen molar-refractivity contribution >= 4 is 21.5 Å². The molecule has 0 amide bonds. The molecule has 0 saturated carbocycles. The predicted octanol–water partition coefficient (Wildman–Crippen LogP) is 13.3. The van der Waals surface area contributed by atoms with Crippen molar-refractivity contribution in [3.8, 4) is 73.1 Å². The quantitative estimate of drug-likeness (QED) is 0.178. The first-order valence-electron chi connectivity index (χ1n) is 17.5. The van der Waals surface area contributed by atoms with Gasteiger partial charge in [-0.05, 0) is 96.4 Å². The van der Waals surface area contributed by atoms with Crippen LogP contribution in [0.1, 0.15) is 5.56 Å². The zero-order valence-corrected chi connectivity index (χ0v) is 28.4. The molecule has 9 rings (SSSR count). The van der Waals surface area contributed by atoms with Gasteiger partial charge >= 0.3 is 0 Å². The van der Waals surface area contributed by atoms with E-state index in [9.17, 15) is 5.26 Å². The fourth-order valence-electron chi connectivity index (χ4n) is 7.26. The molecule has 0 spiro atoms. The average Bonchev–Trinajstić information content (AvgIpc) is 3.23. The Hall–Kier alpha value is -7.08. The lowest BCUT2D eigenvalue weighted by molar-refractivity contribution is 1.32. The van der Waals surface area contributed by atoms with Crippen molar-refractivity contribution in [3.63, 3.8) is 0 Å². The predicted molar refractivity (Wildman–Crippen MR) is 217 cm³/mol. The minimum absolute atomic E-state index is 0.664. The van der Waals surface area contributed by atoms with Crippen molar-refractivity contribution in [1.29, 1.82) is 5.26 Å². The Kier molecular flexibility index (Phi) is 7.93. The molecule has 0 aliphatic heterocycles. The third kappa shape index (κ3) is 5.81. The van der Waals surface area contributed by atoms with Gasteiger partial charge in [0.1, 0.15) is 0 Å². The normalized spacial score (nSPS) is 11.1. The SMILES string of the molecule is N#Cc1ccc(-c2ccc(-c3cccc4ccc(-c5ccc(-c6cc(-c7ccccc7)nc(-c7ccccc7)c6)cc5)cc34)c3ccccc23)cc1. The Morgan fingerprint density at radius 3 is 1.48 bits per heavy atom. The smallest absolute Gasteiger partial charge is 0.0991 e. The maximum atomic E-state index is 9.31. The van der Waals surface area contributed by atoms with Crippen molar-refractivity contribution < 1.29 is 0 Å². The van der Waals surface area contributed by atoms with Gasteiger partial charge in [-0.15, -0.1) is 0 Å². The lowest BCUT2D eigenvalue weighted by Crippen LogP contribution is -1.91. The van der Waals surface area contributed by atoms with Crippen LogP contribution in [0.15, 0.2) is 194 Å². The van der Waals surface area contributed by atoms with Crippen LogP contribution in [0.5, 0.6) is 0 Å². The number of fused-ring (bicyclic) bond motifs is 2. The van der Waals surface area contributed by atoms with Gasteiger partial charge in [-0.25, -0.2) is 4.98 Å². The number of benzene rings is 8. The van der Waals surface area contributed by atoms with Crippen LogP contribution in [-0.2, 0) is 0 Å². The Morgan fingerprint density at radius 1 is 0.327 bits per heavy atom. The van der Waals surface area contributed by atoms with Crippen molar-refractivity contribution in [2.45, 2.75) is 0 Å². The monoisotopic (exact) mass is 660 g/mol. The molecule has 0 radical (unpaired) electrons. The van der Waals surface area contributed by atoms with E-state index in [1.165, 1.54) is 43.8 Å². The zero-order valence-electron chi connectivity index (χ0n) is 28.4. The summed E-state index contributed by atoms with van der Waals surface area (Å²) in [5.41, 5.74) is 14.1. The fraction of sp³-hybridized carbons (Fsp3) is 0. The molecule has 1 heterocycles. The molecule has 0 unspecified atom stereocenters. The molecule has 0 N–H and O–H groups in total. The van der Waals surface area contributed by atoms with Crippen molar-refractivity contribution in [3.05, 3.63) is 200 Å². The number of pyridine rings is 1. The second-order valence-corrected chi connectivity index (χ2v) is 13.1. The largest absolute Gasteiger partial charge is 0.248 e. The van der Waals surface area contributed by atoms with E-state index in [1.54, 1.807) is 0 Å². The van der Waals surface area contributed by atoms with Crippen LogP contribution < -0.4 is 0 Å². The Labute approximate surface area is 303 Å². The van der Waals surface area contributed by atoms with Gasteiger partial charge in [-0.1, -0.05) is 164 Å². The van der Waals surface area contributed by atoms with Crippen LogP contribution in [-0.4, -0.2) is 4.98 Å². The molecule has 2 nitrogen and oxygen atoms in total. The summed E-state index contributed by atoms with van der Waals surface area (Å²) < 4.78 is 0. The second-order valence-electron chi connectivity index (χ2n) is 13.1. The highest BCUT2D eigenvalue weighted by Crippen LogP contribution is 2.40. The number of rotatable bonds is 6. The van der Waals surface area contributed by atoms with E-state index in [0.717, 1.165) is 44.8 Å². The molecular formula is C50H32N2. The highest BCUT2D eigenvalue weighted by molar-refractivity contribution is 6.10. The third-order valence-electron chi connectivity index (χ3n) is 9.94. The maximum absolute atomic E-state index is 9.31. The molecule has 0 aliphatic carbocycles. The lowest BCUT2D eigenvalue weighted by atomic mass is 9.89. The Bertz CT molecular complexity index is 2700. The first-order chi connectivity index (χ1) is 25.7. The molecule has 1 aromatic heterocycles. The Morgan fingerprint density at radius 2 is 0.846 bits per heavy atom. The van der Waals surface area contributed by atoms with Gasteiger partial charge < -0.3 is 0 Å². The molecule has 0 bridgehead atoms. The first kappa shape index (κ1) is 30.9. The number of hydrogen-bond donors (Lipinski definition) is 0. The topological polar surface area (TPSA) is 36.7 Å². The van der Waals surface area contributed by atoms with Crippen LogP contribution in [0, 0.1) is 11.3 Å². The van der Waals surface area contributed by atoms with E-state index in [4.69, 9.17) is 4.98 Å². The summed E-state index contributed by atoms with van der Waals surface area (Å²) in [4.78, 5) is 5.06. The van der Waals surface area contributed by atoms with E-state index >= 15 is 0 Å². The summed E-state index contributed by atoms with van der Waals surface area (Å²) in [5, 5.41) is 14.1. The number of aromatic nitrogens is 1. The van der Waals surface area contributed by atoms with E-state index in [0.29, 0.717) is 5.56 Å². The van der Waals surface area contributed by atoms with Gasteiger partial charge in [0, 0.05) is 11.1 Å². The molecule has 2 heteroatoms. The van der Waals surface area contributed by atoms with Gasteiger partial charge in [0.25, 0.3) is 0 Å². The maximum Gasteiger partial charge on any atom is 0.0991 e. The van der Waals surface area contributed by atoms with Crippen LogP contribution in [0.4, 0.5) is 0 Å². The van der Waals surface area contributed by atoms with Crippen LogP contribution in [0.3, 0.4) is 0 Å². The van der Waals surface area contributed by atoms with Gasteiger partial charge in [-0.2, -0.15) is 5.26 Å². The Balaban J connectivity index is 1.10. The van der Waals surface area contributed by atoms with Gasteiger partial charge in [0.05, 0.1) is 23.0 Å². The van der Waals surface area contributed by atoms with Crippen molar-refractivity contribution in [1.82, 2.24) is 4.98 Å². The molecule has 0 atom stereocenters. The highest BCUT2D eigenvalue weighted by atomic mass is 14.7. The molecule has 242 valence electrons. The minimum atomic E-state index is 0.664. The summed E-state index contributed by atoms with van der Waals surface area (Å²) in [6.07, 6.45) is 0. The van der Waals surface area contributed by atoms with E-state index in [2.05, 4.69) is 164 Å². The van der Waals surface area contributed by atoms with E-state index in [1.807, 2.05) is 36.4 Å². The number of nitriles is 1. The van der Waals surface area contributed by atoms with Gasteiger partial charge in [-0.3, -0.25) is 0 Å². The molecule has 0 fully saturated rings. The van der Waals surface area contributed by atoms with Crippen LogP contribution in [0.25, 0.3) is 88.6 Å². The third-order valence-corrected chi connectivity index (χ3v) is 9.94. The van der Waals surface area contributed by atoms with Crippen molar-refractivity contribution in [2.24, 2.45) is 0 Å². The van der Waals surface area contributed by atoms with Gasteiger partial charge in [0.2, 0.25) is 0 Å². The molecule has 9 aromatic rings. The molecule has 0 aliphatic rings. The summed E-state index contributed by atoms with van der Waals surface area (Å²) >= 11 is 0.